The molecule has 3 heterocycles. The molecule has 1 fully saturated rings. The number of ether oxygens (including phenoxy) is 1. The van der Waals surface area contributed by atoms with Gasteiger partial charge in [-0.25, -0.2) is 0 Å². The van der Waals surface area contributed by atoms with E-state index in [1.165, 1.54) is 0 Å². The van der Waals surface area contributed by atoms with Crippen molar-refractivity contribution in [1.29, 1.82) is 0 Å². The van der Waals surface area contributed by atoms with E-state index in [0.717, 1.165) is 11.3 Å². The molecule has 29 heavy (non-hydrogen) atoms. The van der Waals surface area contributed by atoms with Crippen LogP contribution in [0.3, 0.4) is 0 Å². The number of rotatable bonds is 6. The minimum absolute atomic E-state index is 0.0473. The van der Waals surface area contributed by atoms with Gasteiger partial charge in [0.2, 0.25) is 5.91 Å². The highest BCUT2D eigenvalue weighted by atomic mass is 16.5. The highest BCUT2D eigenvalue weighted by Gasteiger charge is 2.54. The van der Waals surface area contributed by atoms with Crippen LogP contribution in [0.4, 0.5) is 0 Å². The number of carbonyl (C=O) groups excluding carboxylic acids is 1. The maximum atomic E-state index is 13.3. The molecular weight excluding hydrogens is 370 g/mol. The first-order chi connectivity index (χ1) is 14.1. The Bertz CT molecular complexity index is 943. The summed E-state index contributed by atoms with van der Waals surface area (Å²) in [6.07, 6.45) is 0. The van der Waals surface area contributed by atoms with Crippen LogP contribution in [0.25, 0.3) is 11.1 Å². The number of aliphatic hydroxyl groups is 1. The molecule has 1 amide bonds. The van der Waals surface area contributed by atoms with E-state index in [-0.39, 0.29) is 36.1 Å². The first-order valence-electron chi connectivity index (χ1n) is 9.97. The third-order valence-electron chi connectivity index (χ3n) is 6.34. The number of aliphatic hydroxyl groups excluding tert-OH is 1. The molecule has 0 aliphatic carbocycles. The molecule has 7 nitrogen and oxygen atoms in total. The van der Waals surface area contributed by atoms with Crippen molar-refractivity contribution in [2.45, 2.75) is 18.6 Å². The van der Waals surface area contributed by atoms with Crippen LogP contribution >= 0.6 is 0 Å². The Balaban J connectivity index is 1.74. The van der Waals surface area contributed by atoms with E-state index in [2.05, 4.69) is 10.2 Å². The summed E-state index contributed by atoms with van der Waals surface area (Å²) >= 11 is 0. The number of likely N-dealkylation sites (N-methyl/N-ethyl adjacent to an activating group) is 1. The molecule has 0 saturated carbocycles. The summed E-state index contributed by atoms with van der Waals surface area (Å²) in [5.74, 6) is -0.747. The van der Waals surface area contributed by atoms with Crippen LogP contribution in [0.1, 0.15) is 11.7 Å². The van der Waals surface area contributed by atoms with Crippen molar-refractivity contribution in [3.63, 3.8) is 0 Å². The summed E-state index contributed by atoms with van der Waals surface area (Å²) < 4.78 is 6.82. The van der Waals surface area contributed by atoms with E-state index in [0.29, 0.717) is 25.3 Å². The number of pyridine rings is 1. The SMILES string of the molecule is COCCNC(=O)[C@@H]1[C@@H](CO)[C@@H]2Cn3c(ccc(-c4ccccc4)c3=O)[C@H]1N2C. The highest BCUT2D eigenvalue weighted by molar-refractivity contribution is 5.80. The van der Waals surface area contributed by atoms with Crippen LogP contribution in [-0.2, 0) is 16.1 Å². The number of benzene rings is 1. The van der Waals surface area contributed by atoms with Crippen molar-refractivity contribution in [3.8, 4) is 11.1 Å². The monoisotopic (exact) mass is 397 g/mol. The lowest BCUT2D eigenvalue weighted by atomic mass is 9.86. The molecule has 0 spiro atoms. The topological polar surface area (TPSA) is 83.8 Å². The van der Waals surface area contributed by atoms with Crippen LogP contribution in [0.15, 0.2) is 47.3 Å². The third kappa shape index (κ3) is 3.29. The molecule has 1 aromatic carbocycles. The van der Waals surface area contributed by atoms with E-state index in [9.17, 15) is 14.7 Å². The fraction of sp³-hybridized carbons (Fsp3) is 0.455. The van der Waals surface area contributed by atoms with Gasteiger partial charge in [0.1, 0.15) is 0 Å². The van der Waals surface area contributed by atoms with Gasteiger partial charge in [0.15, 0.2) is 0 Å². The standard InChI is InChI=1S/C22H27N3O4/c1-24-18-12-25-17(9-8-15(22(25)28)14-6-4-3-5-7-14)20(24)19(16(18)13-26)21(27)23-10-11-29-2/h3-9,16,18-20,26H,10-13H2,1-2H3,(H,23,27)/t16-,18-,19+,20+/m0/s1. The molecule has 154 valence electrons. The van der Waals surface area contributed by atoms with Gasteiger partial charge in [-0.1, -0.05) is 30.3 Å². The molecule has 0 unspecified atom stereocenters. The summed E-state index contributed by atoms with van der Waals surface area (Å²) in [6, 6.07) is 13.1. The zero-order chi connectivity index (χ0) is 20.5. The minimum atomic E-state index is -0.414. The van der Waals surface area contributed by atoms with Crippen molar-refractivity contribution < 1.29 is 14.6 Å². The number of amides is 1. The second kappa shape index (κ2) is 8.10. The number of methoxy groups -OCH3 is 1. The number of aromatic nitrogens is 1. The Labute approximate surface area is 169 Å². The summed E-state index contributed by atoms with van der Waals surface area (Å²) in [6.45, 7) is 1.23. The second-order valence-electron chi connectivity index (χ2n) is 7.79. The van der Waals surface area contributed by atoms with Gasteiger partial charge in [0.05, 0.1) is 18.6 Å². The van der Waals surface area contributed by atoms with Gasteiger partial charge < -0.3 is 19.7 Å². The average molecular weight is 397 g/mol. The van der Waals surface area contributed by atoms with Crippen LogP contribution in [0, 0.1) is 11.8 Å². The first-order valence-corrected chi connectivity index (χ1v) is 9.97. The second-order valence-corrected chi connectivity index (χ2v) is 7.79. The molecule has 2 aliphatic rings. The summed E-state index contributed by atoms with van der Waals surface area (Å²) in [5.41, 5.74) is 2.32. The van der Waals surface area contributed by atoms with Crippen molar-refractivity contribution in [2.75, 3.05) is 33.9 Å². The van der Waals surface area contributed by atoms with Crippen molar-refractivity contribution in [1.82, 2.24) is 14.8 Å². The zero-order valence-electron chi connectivity index (χ0n) is 16.7. The molecule has 1 saturated heterocycles. The van der Waals surface area contributed by atoms with E-state index in [1.54, 1.807) is 11.7 Å². The van der Waals surface area contributed by atoms with Gasteiger partial charge in [-0.2, -0.15) is 0 Å². The quantitative estimate of drug-likeness (QED) is 0.707. The lowest BCUT2D eigenvalue weighted by molar-refractivity contribution is -0.127. The summed E-state index contributed by atoms with van der Waals surface area (Å²) in [7, 11) is 3.56. The predicted molar refractivity (Wildman–Crippen MR) is 109 cm³/mol. The lowest BCUT2D eigenvalue weighted by Crippen LogP contribution is -2.44. The summed E-state index contributed by atoms with van der Waals surface area (Å²) in [5, 5.41) is 13.0. The number of hydrogen-bond acceptors (Lipinski definition) is 5. The maximum Gasteiger partial charge on any atom is 0.258 e. The van der Waals surface area contributed by atoms with E-state index < -0.39 is 5.92 Å². The van der Waals surface area contributed by atoms with Crippen LogP contribution in [-0.4, -0.2) is 60.4 Å². The number of nitrogens with zero attached hydrogens (tertiary/aromatic N) is 2. The predicted octanol–water partition coefficient (Wildman–Crippen LogP) is 0.871. The molecule has 2 bridgehead atoms. The Morgan fingerprint density at radius 3 is 2.69 bits per heavy atom. The smallest absolute Gasteiger partial charge is 0.258 e. The first kappa shape index (κ1) is 19.8. The normalized spacial score (nSPS) is 25.6. The van der Waals surface area contributed by atoms with E-state index >= 15 is 0 Å². The van der Waals surface area contributed by atoms with Gasteiger partial charge in [-0.05, 0) is 24.7 Å². The van der Waals surface area contributed by atoms with Crippen molar-refractivity contribution in [2.24, 2.45) is 11.8 Å². The fourth-order valence-corrected chi connectivity index (χ4v) is 4.92. The fourth-order valence-electron chi connectivity index (χ4n) is 4.92. The molecule has 4 rings (SSSR count). The Morgan fingerprint density at radius 2 is 2.00 bits per heavy atom. The van der Waals surface area contributed by atoms with E-state index in [1.807, 2.05) is 49.5 Å². The van der Waals surface area contributed by atoms with Crippen molar-refractivity contribution in [3.05, 3.63) is 58.5 Å². The maximum absolute atomic E-state index is 13.3. The van der Waals surface area contributed by atoms with Crippen LogP contribution in [0.5, 0.6) is 0 Å². The van der Waals surface area contributed by atoms with Crippen molar-refractivity contribution >= 4 is 5.91 Å². The molecular formula is C22H27N3O4. The summed E-state index contributed by atoms with van der Waals surface area (Å²) in [4.78, 5) is 28.4. The lowest BCUT2D eigenvalue weighted by Gasteiger charge is -2.35. The number of fused-ring (bicyclic) bond motifs is 4. The Kier molecular flexibility index (Phi) is 5.54. The van der Waals surface area contributed by atoms with Gasteiger partial charge in [-0.3, -0.25) is 14.5 Å². The largest absolute Gasteiger partial charge is 0.396 e. The Morgan fingerprint density at radius 1 is 1.24 bits per heavy atom. The van der Waals surface area contributed by atoms with Gasteiger partial charge in [-0.15, -0.1) is 0 Å². The molecule has 1 aromatic heterocycles. The molecule has 4 atom stereocenters. The van der Waals surface area contributed by atoms with Crippen LogP contribution in [0.2, 0.25) is 0 Å². The molecule has 2 N–H and O–H groups in total. The van der Waals surface area contributed by atoms with Gasteiger partial charge >= 0.3 is 0 Å². The van der Waals surface area contributed by atoms with Gasteiger partial charge in [0, 0.05) is 50.0 Å². The number of nitrogens with one attached hydrogen (secondary N) is 1. The Hall–Kier alpha value is -2.48. The molecule has 0 radical (unpaired) electrons. The minimum Gasteiger partial charge on any atom is -0.396 e. The van der Waals surface area contributed by atoms with Gasteiger partial charge in [0.25, 0.3) is 5.56 Å². The average Bonchev–Trinajstić information content (AvgIpc) is 2.91. The third-order valence-corrected chi connectivity index (χ3v) is 6.34. The molecule has 7 heteroatoms. The highest BCUT2D eigenvalue weighted by Crippen LogP contribution is 2.47. The van der Waals surface area contributed by atoms with Crippen LogP contribution < -0.4 is 10.9 Å². The number of carbonyl (C=O) groups is 1. The molecule has 2 aliphatic heterocycles. The number of hydrogen-bond donors (Lipinski definition) is 2. The van der Waals surface area contributed by atoms with E-state index in [4.69, 9.17) is 4.74 Å². The zero-order valence-corrected chi connectivity index (χ0v) is 16.7. The molecule has 2 aromatic rings.